The number of hydrogen-bond acceptors (Lipinski definition) is 2. The Kier molecular flexibility index (Phi) is 6.36. The van der Waals surface area contributed by atoms with Crippen molar-refractivity contribution in [1.82, 2.24) is 10.6 Å². The lowest BCUT2D eigenvalue weighted by Gasteiger charge is -2.25. The van der Waals surface area contributed by atoms with Crippen molar-refractivity contribution in [2.75, 3.05) is 6.54 Å². The molecular formula is C15H25N3O. The van der Waals surface area contributed by atoms with Gasteiger partial charge in [-0.2, -0.15) is 0 Å². The lowest BCUT2D eigenvalue weighted by Crippen LogP contribution is -2.44. The predicted molar refractivity (Wildman–Crippen MR) is 78.8 cm³/mol. The number of carbonyl (C=O) groups excluding carboxylic acids is 1. The Balaban J connectivity index is 2.57. The van der Waals surface area contributed by atoms with Gasteiger partial charge in [-0.05, 0) is 24.8 Å². The van der Waals surface area contributed by atoms with Crippen molar-refractivity contribution >= 4 is 6.03 Å². The molecule has 2 atom stereocenters. The minimum absolute atomic E-state index is 0.225. The van der Waals surface area contributed by atoms with Crippen LogP contribution >= 0.6 is 0 Å². The third-order valence-electron chi connectivity index (χ3n) is 3.06. The fourth-order valence-electron chi connectivity index (χ4n) is 2.19. The number of nitrogens with one attached hydrogen (secondary N) is 2. The van der Waals surface area contributed by atoms with Gasteiger partial charge in [0.1, 0.15) is 0 Å². The second kappa shape index (κ2) is 7.79. The van der Waals surface area contributed by atoms with Crippen molar-refractivity contribution in [2.24, 2.45) is 11.7 Å². The van der Waals surface area contributed by atoms with Gasteiger partial charge in [0.05, 0.1) is 0 Å². The van der Waals surface area contributed by atoms with Crippen molar-refractivity contribution < 1.29 is 4.79 Å². The molecule has 0 aromatic heterocycles. The van der Waals surface area contributed by atoms with E-state index in [2.05, 4.69) is 43.5 Å². The van der Waals surface area contributed by atoms with Crippen LogP contribution in [-0.2, 0) is 0 Å². The van der Waals surface area contributed by atoms with Gasteiger partial charge in [-0.15, -0.1) is 0 Å². The molecule has 4 nitrogen and oxygen atoms in total. The zero-order valence-corrected chi connectivity index (χ0v) is 12.0. The number of urea groups is 1. The molecule has 0 aliphatic rings. The summed E-state index contributed by atoms with van der Waals surface area (Å²) in [5, 5.41) is 6.23. The Morgan fingerprint density at radius 2 is 1.84 bits per heavy atom. The lowest BCUT2D eigenvalue weighted by atomic mass is 10.0. The maximum atomic E-state index is 10.8. The van der Waals surface area contributed by atoms with Crippen LogP contribution < -0.4 is 16.4 Å². The van der Waals surface area contributed by atoms with Gasteiger partial charge < -0.3 is 16.4 Å². The lowest BCUT2D eigenvalue weighted by molar-refractivity contribution is 0.246. The molecule has 0 saturated heterocycles. The molecule has 4 N–H and O–H groups in total. The zero-order chi connectivity index (χ0) is 14.3. The molecule has 0 radical (unpaired) electrons. The summed E-state index contributed by atoms with van der Waals surface area (Å²) in [4.78, 5) is 10.8. The van der Waals surface area contributed by atoms with Gasteiger partial charge in [0.15, 0.2) is 0 Å². The molecule has 1 aromatic rings. The summed E-state index contributed by atoms with van der Waals surface area (Å²) in [7, 11) is 0. The highest BCUT2D eigenvalue weighted by Crippen LogP contribution is 2.14. The Bertz CT molecular complexity index is 378. The van der Waals surface area contributed by atoms with E-state index in [9.17, 15) is 4.79 Å². The number of amides is 2. The van der Waals surface area contributed by atoms with Crippen molar-refractivity contribution in [2.45, 2.75) is 39.3 Å². The summed E-state index contributed by atoms with van der Waals surface area (Å²) in [6, 6.07) is 10.3. The second-order valence-corrected chi connectivity index (χ2v) is 5.37. The van der Waals surface area contributed by atoms with E-state index in [0.29, 0.717) is 12.5 Å². The van der Waals surface area contributed by atoms with E-state index in [1.807, 2.05) is 18.2 Å². The molecule has 1 aromatic carbocycles. The highest BCUT2D eigenvalue weighted by Gasteiger charge is 2.15. The largest absolute Gasteiger partial charge is 0.352 e. The van der Waals surface area contributed by atoms with Crippen LogP contribution in [0.5, 0.6) is 0 Å². The molecule has 106 valence electrons. The normalized spacial score (nSPS) is 14.1. The molecule has 19 heavy (non-hydrogen) atoms. The van der Waals surface area contributed by atoms with Gasteiger partial charge in [0.25, 0.3) is 0 Å². The van der Waals surface area contributed by atoms with Crippen LogP contribution in [0.3, 0.4) is 0 Å². The Morgan fingerprint density at radius 1 is 1.21 bits per heavy atom. The van der Waals surface area contributed by atoms with Crippen LogP contribution in [0.25, 0.3) is 0 Å². The summed E-state index contributed by atoms with van der Waals surface area (Å²) in [6.45, 7) is 7.04. The first-order valence-electron chi connectivity index (χ1n) is 6.83. The van der Waals surface area contributed by atoms with Gasteiger partial charge in [-0.25, -0.2) is 4.79 Å². The predicted octanol–water partition coefficient (Wildman–Crippen LogP) is 2.42. The average Bonchev–Trinajstić information content (AvgIpc) is 2.36. The number of benzene rings is 1. The smallest absolute Gasteiger partial charge is 0.312 e. The molecule has 0 unspecified atom stereocenters. The highest BCUT2D eigenvalue weighted by molar-refractivity contribution is 5.71. The zero-order valence-electron chi connectivity index (χ0n) is 12.0. The Morgan fingerprint density at radius 3 is 2.37 bits per heavy atom. The van der Waals surface area contributed by atoms with E-state index in [-0.39, 0.29) is 12.1 Å². The number of rotatable bonds is 7. The number of primary amides is 1. The third-order valence-corrected chi connectivity index (χ3v) is 3.06. The van der Waals surface area contributed by atoms with Crippen LogP contribution in [0.4, 0.5) is 4.79 Å². The fourth-order valence-corrected chi connectivity index (χ4v) is 2.19. The molecule has 0 spiro atoms. The van der Waals surface area contributed by atoms with Crippen molar-refractivity contribution in [3.8, 4) is 0 Å². The Hall–Kier alpha value is -1.55. The SMILES string of the molecule is CC(C)C[C@@H](CNC(N)=O)N[C@H](C)c1ccccc1. The van der Waals surface area contributed by atoms with Crippen LogP contribution in [0.2, 0.25) is 0 Å². The molecule has 2 amide bonds. The molecule has 0 aliphatic heterocycles. The van der Waals surface area contributed by atoms with E-state index >= 15 is 0 Å². The summed E-state index contributed by atoms with van der Waals surface area (Å²) in [5.41, 5.74) is 6.38. The van der Waals surface area contributed by atoms with Crippen LogP contribution in [0.15, 0.2) is 30.3 Å². The molecular weight excluding hydrogens is 238 g/mol. The van der Waals surface area contributed by atoms with Crippen molar-refractivity contribution in [1.29, 1.82) is 0 Å². The van der Waals surface area contributed by atoms with Crippen LogP contribution in [0.1, 0.15) is 38.8 Å². The molecule has 0 aliphatic carbocycles. The first-order chi connectivity index (χ1) is 8.99. The molecule has 0 fully saturated rings. The van der Waals surface area contributed by atoms with Gasteiger partial charge in [-0.3, -0.25) is 0 Å². The molecule has 1 rings (SSSR count). The minimum Gasteiger partial charge on any atom is -0.352 e. The first kappa shape index (κ1) is 15.5. The van der Waals surface area contributed by atoms with Gasteiger partial charge in [0.2, 0.25) is 0 Å². The summed E-state index contributed by atoms with van der Waals surface area (Å²) in [5.74, 6) is 0.565. The molecule has 4 heteroatoms. The average molecular weight is 263 g/mol. The molecule has 0 bridgehead atoms. The van der Waals surface area contributed by atoms with Crippen LogP contribution in [0, 0.1) is 5.92 Å². The number of carbonyl (C=O) groups is 1. The maximum absolute atomic E-state index is 10.8. The highest BCUT2D eigenvalue weighted by atomic mass is 16.2. The quantitative estimate of drug-likeness (QED) is 0.707. The van der Waals surface area contributed by atoms with E-state index in [4.69, 9.17) is 5.73 Å². The maximum Gasteiger partial charge on any atom is 0.312 e. The second-order valence-electron chi connectivity index (χ2n) is 5.37. The molecule has 0 saturated carbocycles. The minimum atomic E-state index is -0.470. The van der Waals surface area contributed by atoms with E-state index < -0.39 is 6.03 Å². The molecule has 0 heterocycles. The fraction of sp³-hybridized carbons (Fsp3) is 0.533. The van der Waals surface area contributed by atoms with Gasteiger partial charge in [-0.1, -0.05) is 44.2 Å². The van der Waals surface area contributed by atoms with Crippen molar-refractivity contribution in [3.63, 3.8) is 0 Å². The topological polar surface area (TPSA) is 67.1 Å². The van der Waals surface area contributed by atoms with E-state index in [1.54, 1.807) is 0 Å². The Labute approximate surface area is 115 Å². The standard InChI is InChI=1S/C15H25N3O/c1-11(2)9-14(10-17-15(16)19)18-12(3)13-7-5-4-6-8-13/h4-8,11-12,14,18H,9-10H2,1-3H3,(H3,16,17,19)/t12-,14+/m1/s1. The van der Waals surface area contributed by atoms with E-state index in [0.717, 1.165) is 6.42 Å². The third kappa shape index (κ3) is 6.25. The van der Waals surface area contributed by atoms with Gasteiger partial charge in [0, 0.05) is 18.6 Å². The summed E-state index contributed by atoms with van der Waals surface area (Å²) in [6.07, 6.45) is 0.997. The van der Waals surface area contributed by atoms with Crippen LogP contribution in [-0.4, -0.2) is 18.6 Å². The number of nitrogens with two attached hydrogens (primary N) is 1. The van der Waals surface area contributed by atoms with E-state index in [1.165, 1.54) is 5.56 Å². The summed E-state index contributed by atoms with van der Waals surface area (Å²) < 4.78 is 0. The monoisotopic (exact) mass is 263 g/mol. The van der Waals surface area contributed by atoms with Crippen molar-refractivity contribution in [3.05, 3.63) is 35.9 Å². The number of hydrogen-bond donors (Lipinski definition) is 3. The summed E-state index contributed by atoms with van der Waals surface area (Å²) >= 11 is 0. The first-order valence-corrected chi connectivity index (χ1v) is 6.83. The van der Waals surface area contributed by atoms with Gasteiger partial charge >= 0.3 is 6.03 Å².